The smallest absolute Gasteiger partial charge is 0.309 e. The molecule has 0 bridgehead atoms. The van der Waals surface area contributed by atoms with Gasteiger partial charge in [-0.2, -0.15) is 0 Å². The van der Waals surface area contributed by atoms with E-state index in [9.17, 15) is 4.79 Å². The number of nitrogens with one attached hydrogen (secondary N) is 1. The Morgan fingerprint density at radius 3 is 2.95 bits per heavy atom. The molecule has 0 aromatic carbocycles. The van der Waals surface area contributed by atoms with Crippen LogP contribution in [0.3, 0.4) is 0 Å². The highest BCUT2D eigenvalue weighted by molar-refractivity contribution is 8.22. The molecule has 0 saturated carbocycles. The molecule has 0 aliphatic carbocycles. The molecule has 2 heterocycles. The highest BCUT2D eigenvalue weighted by Crippen LogP contribution is 2.32. The third kappa shape index (κ3) is 4.87. The second-order valence-corrected chi connectivity index (χ2v) is 7.46. The van der Waals surface area contributed by atoms with Gasteiger partial charge in [-0.05, 0) is 32.9 Å². The third-order valence-electron chi connectivity index (χ3n) is 3.47. The lowest BCUT2D eigenvalue weighted by Crippen LogP contribution is -2.38. The minimum Gasteiger partial charge on any atom is -0.466 e. The van der Waals surface area contributed by atoms with Crippen LogP contribution in [0.25, 0.3) is 0 Å². The molecule has 7 heteroatoms. The van der Waals surface area contributed by atoms with E-state index in [1.165, 1.54) is 4.24 Å². The van der Waals surface area contributed by atoms with Gasteiger partial charge in [-0.1, -0.05) is 11.8 Å². The summed E-state index contributed by atoms with van der Waals surface area (Å²) in [7, 11) is 0. The maximum absolute atomic E-state index is 11.6. The van der Waals surface area contributed by atoms with Crippen molar-refractivity contribution in [2.45, 2.75) is 25.3 Å². The third-order valence-corrected chi connectivity index (χ3v) is 5.64. The molecular weight excluding hydrogens is 294 g/mol. The standard InChI is InChI=1S/C13H23N3O2S2/c1-2-18-12(17)10-3-5-16(6-4-10)7-8-19-11-9-15-13(14)20-11/h9-10,13,15H,2-8,14H2,1H3. The summed E-state index contributed by atoms with van der Waals surface area (Å²) in [6, 6.07) is 0. The van der Waals surface area contributed by atoms with Crippen molar-refractivity contribution in [2.75, 3.05) is 32.0 Å². The SMILES string of the molecule is CCOC(=O)C1CCN(CCSC2=CNC(N)S2)CC1. The molecular formula is C13H23N3O2S2. The monoisotopic (exact) mass is 317 g/mol. The van der Waals surface area contributed by atoms with Gasteiger partial charge < -0.3 is 20.7 Å². The summed E-state index contributed by atoms with van der Waals surface area (Å²) < 4.78 is 6.35. The summed E-state index contributed by atoms with van der Waals surface area (Å²) in [5, 5.41) is 3.08. The molecule has 0 amide bonds. The molecule has 2 aliphatic rings. The maximum atomic E-state index is 11.6. The van der Waals surface area contributed by atoms with Crippen molar-refractivity contribution in [2.24, 2.45) is 11.7 Å². The van der Waals surface area contributed by atoms with E-state index in [-0.39, 0.29) is 17.4 Å². The highest BCUT2D eigenvalue weighted by Gasteiger charge is 2.25. The lowest BCUT2D eigenvalue weighted by atomic mass is 9.97. The molecule has 2 aliphatic heterocycles. The zero-order chi connectivity index (χ0) is 14.4. The number of nitrogens with zero attached hydrogens (tertiary/aromatic N) is 1. The summed E-state index contributed by atoms with van der Waals surface area (Å²) in [6.45, 7) is 5.40. The summed E-state index contributed by atoms with van der Waals surface area (Å²) in [4.78, 5) is 14.1. The van der Waals surface area contributed by atoms with Gasteiger partial charge in [-0.3, -0.25) is 4.79 Å². The Bertz CT molecular complexity index is 358. The average molecular weight is 317 g/mol. The molecule has 114 valence electrons. The van der Waals surface area contributed by atoms with Crippen LogP contribution in [0.2, 0.25) is 0 Å². The number of nitrogens with two attached hydrogens (primary N) is 1. The largest absolute Gasteiger partial charge is 0.466 e. The van der Waals surface area contributed by atoms with Crippen LogP contribution >= 0.6 is 23.5 Å². The Kier molecular flexibility index (Phi) is 6.54. The van der Waals surface area contributed by atoms with Gasteiger partial charge in [-0.15, -0.1) is 11.8 Å². The Morgan fingerprint density at radius 2 is 2.35 bits per heavy atom. The van der Waals surface area contributed by atoms with Gasteiger partial charge in [0.1, 0.15) is 5.50 Å². The molecule has 0 aromatic rings. The molecule has 3 N–H and O–H groups in total. The Morgan fingerprint density at radius 1 is 1.60 bits per heavy atom. The number of piperidine rings is 1. The first-order valence-corrected chi connectivity index (χ1v) is 8.96. The van der Waals surface area contributed by atoms with E-state index in [0.717, 1.165) is 38.2 Å². The summed E-state index contributed by atoms with van der Waals surface area (Å²) in [5.74, 6) is 1.15. The van der Waals surface area contributed by atoms with Gasteiger partial charge >= 0.3 is 5.97 Å². The number of likely N-dealkylation sites (tertiary alicyclic amines) is 1. The summed E-state index contributed by atoms with van der Waals surface area (Å²) in [6.07, 6.45) is 3.84. The first kappa shape index (κ1) is 16.0. The van der Waals surface area contributed by atoms with Crippen molar-refractivity contribution < 1.29 is 9.53 Å². The molecule has 0 spiro atoms. The van der Waals surface area contributed by atoms with E-state index in [1.807, 2.05) is 24.9 Å². The van der Waals surface area contributed by atoms with Crippen LogP contribution in [-0.2, 0) is 9.53 Å². The molecule has 5 nitrogen and oxygen atoms in total. The van der Waals surface area contributed by atoms with Crippen molar-refractivity contribution in [1.29, 1.82) is 0 Å². The van der Waals surface area contributed by atoms with Crippen molar-refractivity contribution in [1.82, 2.24) is 10.2 Å². The minimum absolute atomic E-state index is 0.0119. The molecule has 0 radical (unpaired) electrons. The van der Waals surface area contributed by atoms with Crippen molar-refractivity contribution >= 4 is 29.5 Å². The Balaban J connectivity index is 1.59. The fourth-order valence-corrected chi connectivity index (χ4v) is 4.40. The number of rotatable bonds is 6. The van der Waals surface area contributed by atoms with E-state index in [4.69, 9.17) is 10.5 Å². The number of hydrogen-bond acceptors (Lipinski definition) is 7. The number of carbonyl (C=O) groups excluding carboxylic acids is 1. The molecule has 1 atom stereocenters. The Hall–Kier alpha value is -0.370. The van der Waals surface area contributed by atoms with Gasteiger partial charge in [0.25, 0.3) is 0 Å². The van der Waals surface area contributed by atoms with Gasteiger partial charge in [0.15, 0.2) is 0 Å². The zero-order valence-corrected chi connectivity index (χ0v) is 13.5. The fraction of sp³-hybridized carbons (Fsp3) is 0.769. The van der Waals surface area contributed by atoms with Crippen molar-refractivity contribution in [3.63, 3.8) is 0 Å². The quantitative estimate of drug-likeness (QED) is 0.717. The van der Waals surface area contributed by atoms with Crippen LogP contribution in [0.1, 0.15) is 19.8 Å². The summed E-state index contributed by atoms with van der Waals surface area (Å²) >= 11 is 3.52. The fourth-order valence-electron chi connectivity index (χ4n) is 2.35. The predicted molar refractivity (Wildman–Crippen MR) is 85.0 cm³/mol. The molecule has 0 aromatic heterocycles. The van der Waals surface area contributed by atoms with E-state index in [0.29, 0.717) is 6.61 Å². The molecule has 1 fully saturated rings. The van der Waals surface area contributed by atoms with Gasteiger partial charge in [-0.25, -0.2) is 0 Å². The van der Waals surface area contributed by atoms with E-state index < -0.39 is 0 Å². The lowest BCUT2D eigenvalue weighted by Gasteiger charge is -2.30. The first-order valence-electron chi connectivity index (χ1n) is 7.09. The van der Waals surface area contributed by atoms with Gasteiger partial charge in [0.2, 0.25) is 0 Å². The molecule has 20 heavy (non-hydrogen) atoms. The van der Waals surface area contributed by atoms with Crippen LogP contribution < -0.4 is 11.1 Å². The highest BCUT2D eigenvalue weighted by atomic mass is 32.2. The van der Waals surface area contributed by atoms with Crippen LogP contribution in [0.15, 0.2) is 10.4 Å². The Labute approximate surface area is 129 Å². The van der Waals surface area contributed by atoms with E-state index in [1.54, 1.807) is 11.8 Å². The molecule has 1 saturated heterocycles. The number of ether oxygens (including phenoxy) is 1. The van der Waals surface area contributed by atoms with Gasteiger partial charge in [0.05, 0.1) is 16.8 Å². The van der Waals surface area contributed by atoms with Gasteiger partial charge in [0, 0.05) is 18.5 Å². The number of thioether (sulfide) groups is 2. The second-order valence-electron chi connectivity index (χ2n) is 4.88. The summed E-state index contributed by atoms with van der Waals surface area (Å²) in [5.41, 5.74) is 5.75. The molecule has 2 rings (SSSR count). The van der Waals surface area contributed by atoms with Crippen molar-refractivity contribution in [3.05, 3.63) is 10.4 Å². The molecule has 1 unspecified atom stereocenters. The normalized spacial score (nSPS) is 24.3. The zero-order valence-electron chi connectivity index (χ0n) is 11.8. The lowest BCUT2D eigenvalue weighted by molar-refractivity contribution is -0.149. The average Bonchev–Trinajstić information content (AvgIpc) is 2.85. The van der Waals surface area contributed by atoms with Crippen molar-refractivity contribution in [3.8, 4) is 0 Å². The minimum atomic E-state index is -0.0194. The predicted octanol–water partition coefficient (Wildman–Crippen LogP) is 1.37. The maximum Gasteiger partial charge on any atom is 0.309 e. The van der Waals surface area contributed by atoms with Crippen LogP contribution in [0.5, 0.6) is 0 Å². The second kappa shape index (κ2) is 8.17. The number of esters is 1. The number of carbonyl (C=O) groups is 1. The first-order chi connectivity index (χ1) is 9.69. The van der Waals surface area contributed by atoms with E-state index in [2.05, 4.69) is 10.2 Å². The number of hydrogen-bond donors (Lipinski definition) is 2. The van der Waals surface area contributed by atoms with Crippen LogP contribution in [0, 0.1) is 5.92 Å². The van der Waals surface area contributed by atoms with Crippen LogP contribution in [-0.4, -0.2) is 48.4 Å². The van der Waals surface area contributed by atoms with Crippen LogP contribution in [0.4, 0.5) is 0 Å². The topological polar surface area (TPSA) is 67.6 Å². The van der Waals surface area contributed by atoms with E-state index >= 15 is 0 Å².